The molecule has 1 heterocycles. The van der Waals surface area contributed by atoms with Gasteiger partial charge in [0.2, 0.25) is 0 Å². The van der Waals surface area contributed by atoms with Gasteiger partial charge in [-0.15, -0.1) is 0 Å². The lowest BCUT2D eigenvalue weighted by Gasteiger charge is -2.34. The number of piperidine rings is 1. The maximum atomic E-state index is 12.4. The maximum Gasteiger partial charge on any atom is 0.317 e. The Hall–Kier alpha value is -1.55. The first-order chi connectivity index (χ1) is 10.6. The zero-order chi connectivity index (χ0) is 15.9. The highest BCUT2D eigenvalue weighted by Gasteiger charge is 2.26. The van der Waals surface area contributed by atoms with Crippen molar-refractivity contribution in [3.05, 3.63) is 35.9 Å². The number of nitrogens with one attached hydrogen (secondary N) is 1. The van der Waals surface area contributed by atoms with Crippen LogP contribution in [-0.4, -0.2) is 41.8 Å². The Morgan fingerprint density at radius 1 is 1.41 bits per heavy atom. The van der Waals surface area contributed by atoms with Gasteiger partial charge in [-0.25, -0.2) is 4.79 Å². The number of aliphatic hydroxyl groups excluding tert-OH is 1. The van der Waals surface area contributed by atoms with E-state index in [4.69, 9.17) is 0 Å². The average Bonchev–Trinajstić information content (AvgIpc) is 2.56. The molecule has 0 saturated carbocycles. The van der Waals surface area contributed by atoms with Gasteiger partial charge < -0.3 is 15.3 Å². The Kier molecular flexibility index (Phi) is 6.25. The number of aliphatic hydroxyl groups is 1. The Morgan fingerprint density at radius 2 is 2.14 bits per heavy atom. The van der Waals surface area contributed by atoms with Gasteiger partial charge in [-0.3, -0.25) is 0 Å². The van der Waals surface area contributed by atoms with Crippen molar-refractivity contribution in [3.63, 3.8) is 0 Å². The number of benzene rings is 1. The monoisotopic (exact) mass is 304 g/mol. The van der Waals surface area contributed by atoms with Crippen LogP contribution in [0, 0.1) is 5.92 Å². The number of amides is 2. The summed E-state index contributed by atoms with van der Waals surface area (Å²) in [5, 5.41) is 12.8. The molecule has 4 heteroatoms. The Bertz CT molecular complexity index is 461. The summed E-state index contributed by atoms with van der Waals surface area (Å²) in [6, 6.07) is 10.3. The van der Waals surface area contributed by atoms with Crippen LogP contribution in [0.4, 0.5) is 4.79 Å². The van der Waals surface area contributed by atoms with Gasteiger partial charge in [-0.1, -0.05) is 37.3 Å². The predicted octanol–water partition coefficient (Wildman–Crippen LogP) is 2.98. The minimum Gasteiger partial charge on any atom is -0.393 e. The summed E-state index contributed by atoms with van der Waals surface area (Å²) >= 11 is 0. The van der Waals surface area contributed by atoms with E-state index in [1.807, 2.05) is 30.0 Å². The molecule has 1 saturated heterocycles. The minimum atomic E-state index is -0.344. The lowest BCUT2D eigenvalue weighted by Crippen LogP contribution is -2.48. The zero-order valence-corrected chi connectivity index (χ0v) is 13.7. The molecule has 1 aliphatic heterocycles. The molecule has 1 fully saturated rings. The molecule has 1 aromatic rings. The summed E-state index contributed by atoms with van der Waals surface area (Å²) in [5.41, 5.74) is 1.27. The van der Waals surface area contributed by atoms with Crippen molar-refractivity contribution in [1.82, 2.24) is 10.2 Å². The van der Waals surface area contributed by atoms with Gasteiger partial charge in [0.15, 0.2) is 0 Å². The third-order valence-corrected chi connectivity index (χ3v) is 4.69. The van der Waals surface area contributed by atoms with Crippen molar-refractivity contribution < 1.29 is 9.90 Å². The van der Waals surface area contributed by atoms with Gasteiger partial charge in [-0.05, 0) is 31.7 Å². The third kappa shape index (κ3) is 4.47. The van der Waals surface area contributed by atoms with Gasteiger partial charge in [0, 0.05) is 31.5 Å². The highest BCUT2D eigenvalue weighted by atomic mass is 16.3. The molecule has 0 radical (unpaired) electrons. The van der Waals surface area contributed by atoms with E-state index in [1.165, 1.54) is 5.56 Å². The van der Waals surface area contributed by atoms with Gasteiger partial charge in [0.05, 0.1) is 6.10 Å². The average molecular weight is 304 g/mol. The van der Waals surface area contributed by atoms with Gasteiger partial charge in [0.25, 0.3) is 0 Å². The molecular formula is C18H28N2O2. The van der Waals surface area contributed by atoms with Crippen LogP contribution in [0.25, 0.3) is 0 Å². The predicted molar refractivity (Wildman–Crippen MR) is 88.9 cm³/mol. The summed E-state index contributed by atoms with van der Waals surface area (Å²) < 4.78 is 0. The normalized spacial score (nSPS) is 21.2. The van der Waals surface area contributed by atoms with Crippen LogP contribution in [0.2, 0.25) is 0 Å². The molecule has 22 heavy (non-hydrogen) atoms. The van der Waals surface area contributed by atoms with Crippen molar-refractivity contribution in [2.24, 2.45) is 5.92 Å². The fourth-order valence-electron chi connectivity index (χ4n) is 3.13. The number of hydrogen-bond acceptors (Lipinski definition) is 2. The number of hydrogen-bond donors (Lipinski definition) is 2. The van der Waals surface area contributed by atoms with Gasteiger partial charge in [-0.2, -0.15) is 0 Å². The second-order valence-corrected chi connectivity index (χ2v) is 6.29. The molecular weight excluding hydrogens is 276 g/mol. The molecule has 1 aliphatic rings. The molecule has 2 rings (SSSR count). The smallest absolute Gasteiger partial charge is 0.317 e. The number of urea groups is 1. The largest absolute Gasteiger partial charge is 0.393 e. The lowest BCUT2D eigenvalue weighted by atomic mass is 9.93. The van der Waals surface area contributed by atoms with Crippen LogP contribution in [0.3, 0.4) is 0 Å². The van der Waals surface area contributed by atoms with Crippen LogP contribution in [0.5, 0.6) is 0 Å². The first-order valence-corrected chi connectivity index (χ1v) is 8.37. The summed E-state index contributed by atoms with van der Waals surface area (Å²) in [6.07, 6.45) is 2.63. The molecule has 4 nitrogen and oxygen atoms in total. The number of rotatable bonds is 5. The third-order valence-electron chi connectivity index (χ3n) is 4.69. The zero-order valence-electron chi connectivity index (χ0n) is 13.7. The molecule has 122 valence electrons. The highest BCUT2D eigenvalue weighted by Crippen LogP contribution is 2.21. The second kappa shape index (κ2) is 8.18. The van der Waals surface area contributed by atoms with Crippen LogP contribution in [-0.2, 0) is 0 Å². The molecule has 0 bridgehead atoms. The van der Waals surface area contributed by atoms with Crippen molar-refractivity contribution in [1.29, 1.82) is 0 Å². The quantitative estimate of drug-likeness (QED) is 0.878. The Morgan fingerprint density at radius 3 is 2.77 bits per heavy atom. The standard InChI is InChI=1S/C18H28N2O2/c1-3-15(16-8-5-4-6-9-16)12-19-18(22)20-11-7-10-17(13-20)14(2)21/h4-6,8-9,14-15,17,21H,3,7,10-13H2,1-2H3,(H,19,22). The van der Waals surface area contributed by atoms with Crippen LogP contribution in [0.15, 0.2) is 30.3 Å². The molecule has 0 spiro atoms. The molecule has 2 N–H and O–H groups in total. The summed E-state index contributed by atoms with van der Waals surface area (Å²) in [5.74, 6) is 0.554. The van der Waals surface area contributed by atoms with Crippen molar-refractivity contribution in [2.45, 2.75) is 45.1 Å². The topological polar surface area (TPSA) is 52.6 Å². The fourth-order valence-corrected chi connectivity index (χ4v) is 3.13. The first-order valence-electron chi connectivity index (χ1n) is 8.37. The molecule has 0 aliphatic carbocycles. The molecule has 1 aromatic carbocycles. The first kappa shape index (κ1) is 16.8. The number of carbonyl (C=O) groups excluding carboxylic acids is 1. The number of likely N-dealkylation sites (tertiary alicyclic amines) is 1. The van der Waals surface area contributed by atoms with E-state index in [2.05, 4.69) is 24.4 Å². The van der Waals surface area contributed by atoms with Crippen molar-refractivity contribution in [3.8, 4) is 0 Å². The minimum absolute atomic E-state index is 0.000249. The van der Waals surface area contributed by atoms with E-state index in [-0.39, 0.29) is 18.1 Å². The molecule has 0 aromatic heterocycles. The summed E-state index contributed by atoms with van der Waals surface area (Å²) in [6.45, 7) is 6.07. The lowest BCUT2D eigenvalue weighted by molar-refractivity contribution is 0.0738. The van der Waals surface area contributed by atoms with E-state index < -0.39 is 0 Å². The highest BCUT2D eigenvalue weighted by molar-refractivity contribution is 5.74. The molecule has 2 amide bonds. The van der Waals surface area contributed by atoms with E-state index in [0.717, 1.165) is 25.8 Å². The molecule has 3 atom stereocenters. The maximum absolute atomic E-state index is 12.4. The summed E-state index contributed by atoms with van der Waals surface area (Å²) in [7, 11) is 0. The van der Waals surface area contributed by atoms with Crippen molar-refractivity contribution in [2.75, 3.05) is 19.6 Å². The van der Waals surface area contributed by atoms with Crippen LogP contribution >= 0.6 is 0 Å². The van der Waals surface area contributed by atoms with E-state index in [1.54, 1.807) is 0 Å². The fraction of sp³-hybridized carbons (Fsp3) is 0.611. The van der Waals surface area contributed by atoms with Crippen molar-refractivity contribution >= 4 is 6.03 Å². The Balaban J connectivity index is 1.86. The second-order valence-electron chi connectivity index (χ2n) is 6.29. The van der Waals surface area contributed by atoms with Crippen LogP contribution < -0.4 is 5.32 Å². The van der Waals surface area contributed by atoms with E-state index in [0.29, 0.717) is 19.0 Å². The number of carbonyl (C=O) groups is 1. The SMILES string of the molecule is CCC(CNC(=O)N1CCCC(C(C)O)C1)c1ccccc1. The van der Waals surface area contributed by atoms with Crippen LogP contribution in [0.1, 0.15) is 44.6 Å². The van der Waals surface area contributed by atoms with E-state index in [9.17, 15) is 9.90 Å². The van der Waals surface area contributed by atoms with Gasteiger partial charge >= 0.3 is 6.03 Å². The van der Waals surface area contributed by atoms with Gasteiger partial charge in [0.1, 0.15) is 0 Å². The number of nitrogens with zero attached hydrogens (tertiary/aromatic N) is 1. The van der Waals surface area contributed by atoms with E-state index >= 15 is 0 Å². The molecule has 3 unspecified atom stereocenters. The summed E-state index contributed by atoms with van der Waals surface area (Å²) in [4.78, 5) is 14.2. The Labute approximate surface area is 133 Å².